The van der Waals surface area contributed by atoms with Gasteiger partial charge < -0.3 is 15.4 Å². The minimum Gasteiger partial charge on any atom is -0.467 e. The van der Waals surface area contributed by atoms with Gasteiger partial charge in [-0.3, -0.25) is 14.4 Å². The zero-order valence-corrected chi connectivity index (χ0v) is 12.8. The van der Waals surface area contributed by atoms with E-state index in [2.05, 4.69) is 10.1 Å². The van der Waals surface area contributed by atoms with Gasteiger partial charge in [-0.2, -0.15) is 13.2 Å². The molecule has 2 amide bonds. The molecule has 0 aromatic rings. The fourth-order valence-electron chi connectivity index (χ4n) is 1.62. The number of rotatable bonds is 9. The lowest BCUT2D eigenvalue weighted by molar-refractivity contribution is -0.175. The van der Waals surface area contributed by atoms with Crippen molar-refractivity contribution >= 4 is 23.6 Å². The number of hydrogen-bond donors (Lipinski definition) is 2. The Hall–Kier alpha value is -2.13. The van der Waals surface area contributed by atoms with Crippen LogP contribution in [-0.4, -0.2) is 49.4 Å². The number of ketones is 1. The second-order valence-corrected chi connectivity index (χ2v) is 4.77. The van der Waals surface area contributed by atoms with E-state index in [1.54, 1.807) is 5.32 Å². The maximum Gasteiger partial charge on any atom is 0.471 e. The molecule has 0 unspecified atom stereocenters. The second-order valence-electron chi connectivity index (χ2n) is 4.77. The van der Waals surface area contributed by atoms with E-state index in [0.29, 0.717) is 6.42 Å². The van der Waals surface area contributed by atoms with Gasteiger partial charge in [0.2, 0.25) is 5.91 Å². The van der Waals surface area contributed by atoms with Gasteiger partial charge >= 0.3 is 18.1 Å². The molecule has 0 rings (SSSR count). The van der Waals surface area contributed by atoms with E-state index in [-0.39, 0.29) is 31.6 Å². The maximum absolute atomic E-state index is 12.2. The van der Waals surface area contributed by atoms with Crippen molar-refractivity contribution in [1.82, 2.24) is 10.6 Å². The number of carbonyl (C=O) groups is 4. The summed E-state index contributed by atoms with van der Waals surface area (Å²) in [5.41, 5.74) is 0. The first-order chi connectivity index (χ1) is 10.6. The van der Waals surface area contributed by atoms with E-state index >= 15 is 0 Å². The first kappa shape index (κ1) is 20.9. The molecule has 0 aliphatic rings. The van der Waals surface area contributed by atoms with Gasteiger partial charge in [-0.15, -0.1) is 0 Å². The molecule has 0 saturated carbocycles. The molecule has 0 saturated heterocycles. The fourth-order valence-corrected chi connectivity index (χ4v) is 1.62. The van der Waals surface area contributed by atoms with Crippen LogP contribution in [0.3, 0.4) is 0 Å². The Balaban J connectivity index is 4.22. The molecule has 132 valence electrons. The van der Waals surface area contributed by atoms with Crippen molar-refractivity contribution in [3.63, 3.8) is 0 Å². The van der Waals surface area contributed by atoms with Crippen molar-refractivity contribution in [1.29, 1.82) is 0 Å². The summed E-state index contributed by atoms with van der Waals surface area (Å²) in [4.78, 5) is 44.1. The Kier molecular flexibility index (Phi) is 8.89. The predicted octanol–water partition coefficient (Wildman–Crippen LogP) is 0.472. The minimum absolute atomic E-state index is 0.0723. The molecular weight excluding hydrogens is 321 g/mol. The zero-order chi connectivity index (χ0) is 18.0. The van der Waals surface area contributed by atoms with Crippen LogP contribution in [-0.2, 0) is 23.9 Å². The molecule has 0 aliphatic heterocycles. The Labute approximate surface area is 130 Å². The van der Waals surface area contributed by atoms with Gasteiger partial charge in [-0.1, -0.05) is 0 Å². The average molecular weight is 340 g/mol. The SMILES string of the molecule is COC(=O)[C@H](CCCCNC(=O)CC(C)=O)NC(=O)C(F)(F)F. The summed E-state index contributed by atoms with van der Waals surface area (Å²) in [5.74, 6) is -3.94. The molecule has 7 nitrogen and oxygen atoms in total. The maximum atomic E-state index is 12.2. The number of hydrogen-bond acceptors (Lipinski definition) is 5. The van der Waals surface area contributed by atoms with Crippen molar-refractivity contribution < 1.29 is 37.1 Å². The summed E-state index contributed by atoms with van der Waals surface area (Å²) in [6, 6.07) is -1.41. The molecule has 10 heteroatoms. The van der Waals surface area contributed by atoms with E-state index in [4.69, 9.17) is 0 Å². The highest BCUT2D eigenvalue weighted by atomic mass is 19.4. The first-order valence-electron chi connectivity index (χ1n) is 6.79. The summed E-state index contributed by atoms with van der Waals surface area (Å²) in [7, 11) is 0.997. The largest absolute Gasteiger partial charge is 0.471 e. The van der Waals surface area contributed by atoms with Crippen LogP contribution in [0, 0.1) is 0 Å². The van der Waals surface area contributed by atoms with Crippen molar-refractivity contribution in [2.45, 2.75) is 44.8 Å². The average Bonchev–Trinajstić information content (AvgIpc) is 2.42. The van der Waals surface area contributed by atoms with E-state index < -0.39 is 30.0 Å². The molecule has 0 aromatic heterocycles. The highest BCUT2D eigenvalue weighted by Gasteiger charge is 2.40. The minimum atomic E-state index is -5.09. The van der Waals surface area contributed by atoms with Crippen molar-refractivity contribution in [2.24, 2.45) is 0 Å². The smallest absolute Gasteiger partial charge is 0.467 e. The number of amides is 2. The van der Waals surface area contributed by atoms with E-state index in [9.17, 15) is 32.3 Å². The standard InChI is InChI=1S/C13H19F3N2O5/c1-8(19)7-10(20)17-6-4-3-5-9(11(21)23-2)18-12(22)13(14,15)16/h9H,3-7H2,1-2H3,(H,17,20)(H,18,22)/t9-/m0/s1. The number of ether oxygens (including phenoxy) is 1. The topological polar surface area (TPSA) is 102 Å². The van der Waals surface area contributed by atoms with Gasteiger partial charge in [0.15, 0.2) is 0 Å². The van der Waals surface area contributed by atoms with Crippen molar-refractivity contribution in [2.75, 3.05) is 13.7 Å². The van der Waals surface area contributed by atoms with Crippen molar-refractivity contribution in [3.8, 4) is 0 Å². The van der Waals surface area contributed by atoms with E-state index in [1.165, 1.54) is 6.92 Å². The fraction of sp³-hybridized carbons (Fsp3) is 0.692. The van der Waals surface area contributed by atoms with Crippen LogP contribution >= 0.6 is 0 Å². The van der Waals surface area contributed by atoms with E-state index in [0.717, 1.165) is 7.11 Å². The molecule has 0 fully saturated rings. The lowest BCUT2D eigenvalue weighted by Gasteiger charge is -2.17. The van der Waals surface area contributed by atoms with Gasteiger partial charge in [0, 0.05) is 6.54 Å². The highest BCUT2D eigenvalue weighted by Crippen LogP contribution is 2.15. The third kappa shape index (κ3) is 9.48. The number of halogens is 3. The molecule has 0 heterocycles. The molecule has 0 spiro atoms. The van der Waals surface area contributed by atoms with Crippen LogP contribution in [0.1, 0.15) is 32.6 Å². The summed E-state index contributed by atoms with van der Waals surface area (Å²) in [6.45, 7) is 1.47. The number of esters is 1. The first-order valence-corrected chi connectivity index (χ1v) is 6.79. The quantitative estimate of drug-likeness (QED) is 0.361. The monoisotopic (exact) mass is 340 g/mol. The number of Topliss-reactive ketones (excluding diaryl/α,β-unsaturated/α-hetero) is 1. The number of methoxy groups -OCH3 is 1. The van der Waals surface area contributed by atoms with Crippen LogP contribution in [0.4, 0.5) is 13.2 Å². The Morgan fingerprint density at radius 2 is 1.74 bits per heavy atom. The third-order valence-electron chi connectivity index (χ3n) is 2.70. The lowest BCUT2D eigenvalue weighted by atomic mass is 10.1. The second kappa shape index (κ2) is 9.80. The summed E-state index contributed by atoms with van der Waals surface area (Å²) >= 11 is 0. The van der Waals surface area contributed by atoms with Crippen LogP contribution in [0.2, 0.25) is 0 Å². The summed E-state index contributed by atoms with van der Waals surface area (Å²) < 4.78 is 40.9. The lowest BCUT2D eigenvalue weighted by Crippen LogP contribution is -2.47. The van der Waals surface area contributed by atoms with Crippen molar-refractivity contribution in [3.05, 3.63) is 0 Å². The molecular formula is C13H19F3N2O5. The van der Waals surface area contributed by atoms with Crippen LogP contribution in [0.15, 0.2) is 0 Å². The van der Waals surface area contributed by atoms with Gasteiger partial charge in [-0.25, -0.2) is 4.79 Å². The number of carbonyl (C=O) groups excluding carboxylic acids is 4. The van der Waals surface area contributed by atoms with Crippen LogP contribution in [0.5, 0.6) is 0 Å². The Morgan fingerprint density at radius 3 is 2.22 bits per heavy atom. The molecule has 2 N–H and O–H groups in total. The molecule has 23 heavy (non-hydrogen) atoms. The molecule has 0 aromatic carbocycles. The van der Waals surface area contributed by atoms with Gasteiger partial charge in [0.1, 0.15) is 11.8 Å². The molecule has 0 aliphatic carbocycles. The molecule has 1 atom stereocenters. The molecule has 0 bridgehead atoms. The van der Waals surface area contributed by atoms with Crippen LogP contribution < -0.4 is 10.6 Å². The number of nitrogens with one attached hydrogen (secondary N) is 2. The third-order valence-corrected chi connectivity index (χ3v) is 2.70. The highest BCUT2D eigenvalue weighted by molar-refractivity contribution is 5.96. The van der Waals surface area contributed by atoms with Gasteiger partial charge in [-0.05, 0) is 26.2 Å². The number of unbranched alkanes of at least 4 members (excludes halogenated alkanes) is 1. The zero-order valence-electron chi connectivity index (χ0n) is 12.8. The summed E-state index contributed by atoms with van der Waals surface area (Å²) in [6.07, 6.45) is -4.78. The predicted molar refractivity (Wildman–Crippen MR) is 72.2 cm³/mol. The van der Waals surface area contributed by atoms with Gasteiger partial charge in [0.05, 0.1) is 13.5 Å². The summed E-state index contributed by atoms with van der Waals surface area (Å²) in [5, 5.41) is 4.02. The van der Waals surface area contributed by atoms with E-state index in [1.807, 2.05) is 0 Å². The van der Waals surface area contributed by atoms with Gasteiger partial charge in [0.25, 0.3) is 0 Å². The normalized spacial score (nSPS) is 12.2. The Bertz CT molecular complexity index is 451. The molecule has 0 radical (unpaired) electrons. The number of alkyl halides is 3. The van der Waals surface area contributed by atoms with Crippen LogP contribution in [0.25, 0.3) is 0 Å². The Morgan fingerprint density at radius 1 is 1.13 bits per heavy atom.